The Hall–Kier alpha value is -2.85. The van der Waals surface area contributed by atoms with Crippen LogP contribution < -0.4 is 10.1 Å². The Balaban J connectivity index is 1.65. The summed E-state index contributed by atoms with van der Waals surface area (Å²) in [4.78, 5) is 13.2. The number of benzene rings is 1. The summed E-state index contributed by atoms with van der Waals surface area (Å²) in [5.41, 5.74) is 2.05. The molecule has 0 amide bonds. The van der Waals surface area contributed by atoms with Crippen LogP contribution in [0.2, 0.25) is 0 Å². The Kier molecular flexibility index (Phi) is 5.52. The van der Waals surface area contributed by atoms with Crippen LogP contribution in [0.25, 0.3) is 11.0 Å². The predicted molar refractivity (Wildman–Crippen MR) is 106 cm³/mol. The quantitative estimate of drug-likeness (QED) is 0.650. The maximum Gasteiger partial charge on any atom is 0.408 e. The Morgan fingerprint density at radius 2 is 1.97 bits per heavy atom. The highest BCUT2D eigenvalue weighted by Crippen LogP contribution is 2.41. The number of aromatic amines is 1. The van der Waals surface area contributed by atoms with Gasteiger partial charge >= 0.3 is 6.18 Å². The molecular formula is C20H22F3N5O2. The van der Waals surface area contributed by atoms with E-state index in [0.29, 0.717) is 17.3 Å². The third-order valence-corrected chi connectivity index (χ3v) is 5.11. The third kappa shape index (κ3) is 4.05. The number of hydrogen-bond donors (Lipinski definition) is 2. The fourth-order valence-electron chi connectivity index (χ4n) is 3.70. The van der Waals surface area contributed by atoms with E-state index in [1.165, 1.54) is 24.1 Å². The van der Waals surface area contributed by atoms with Crippen molar-refractivity contribution >= 4 is 22.7 Å². The molecule has 1 fully saturated rings. The number of fused-ring (bicyclic) bond motifs is 1. The van der Waals surface area contributed by atoms with Gasteiger partial charge in [-0.3, -0.25) is 4.90 Å². The minimum atomic E-state index is -4.42. The molecular weight excluding hydrogens is 399 g/mol. The largest absolute Gasteiger partial charge is 0.495 e. The zero-order valence-corrected chi connectivity index (χ0v) is 16.6. The second-order valence-electron chi connectivity index (χ2n) is 7.05. The summed E-state index contributed by atoms with van der Waals surface area (Å²) < 4.78 is 52.2. The first kappa shape index (κ1) is 20.4. The fraction of sp³-hybridized carbons (Fsp3) is 0.400. The average molecular weight is 421 g/mol. The number of morpholine rings is 1. The van der Waals surface area contributed by atoms with Crippen LogP contribution in [0, 0.1) is 6.92 Å². The second-order valence-corrected chi connectivity index (χ2v) is 7.05. The van der Waals surface area contributed by atoms with Crippen molar-refractivity contribution in [2.24, 2.45) is 0 Å². The van der Waals surface area contributed by atoms with Gasteiger partial charge in [0.2, 0.25) is 5.95 Å². The Bertz CT molecular complexity index is 1030. The molecule has 0 unspecified atom stereocenters. The highest BCUT2D eigenvalue weighted by atomic mass is 19.4. The number of anilines is 2. The maximum atomic E-state index is 13.9. The topological polar surface area (TPSA) is 75.3 Å². The van der Waals surface area contributed by atoms with Crippen molar-refractivity contribution in [3.8, 4) is 5.75 Å². The molecule has 1 aliphatic rings. The second kappa shape index (κ2) is 8.11. The first-order chi connectivity index (χ1) is 14.4. The molecule has 2 N–H and O–H groups in total. The van der Waals surface area contributed by atoms with E-state index in [0.717, 1.165) is 11.1 Å². The number of methoxy groups -OCH3 is 1. The van der Waals surface area contributed by atoms with E-state index >= 15 is 0 Å². The van der Waals surface area contributed by atoms with Gasteiger partial charge in [-0.15, -0.1) is 0 Å². The molecule has 3 aromatic rings. The molecule has 1 aromatic carbocycles. The number of ether oxygens (including phenoxy) is 2. The molecule has 30 heavy (non-hydrogen) atoms. The van der Waals surface area contributed by atoms with Gasteiger partial charge in [0.05, 0.1) is 31.7 Å². The van der Waals surface area contributed by atoms with Gasteiger partial charge in [-0.2, -0.15) is 18.2 Å². The van der Waals surface area contributed by atoms with Crippen LogP contribution in [-0.4, -0.2) is 59.4 Å². The smallest absolute Gasteiger partial charge is 0.408 e. The lowest BCUT2D eigenvalue weighted by molar-refractivity contribution is -0.194. The third-order valence-electron chi connectivity index (χ3n) is 5.11. The summed E-state index contributed by atoms with van der Waals surface area (Å²) in [5, 5.41) is 3.95. The molecule has 1 atom stereocenters. The molecule has 3 heterocycles. The van der Waals surface area contributed by atoms with Crippen LogP contribution in [-0.2, 0) is 4.74 Å². The zero-order chi connectivity index (χ0) is 21.3. The van der Waals surface area contributed by atoms with Crippen LogP contribution in [0.15, 0.2) is 30.5 Å². The highest BCUT2D eigenvalue weighted by Gasteiger charge is 2.45. The fourth-order valence-corrected chi connectivity index (χ4v) is 3.70. The van der Waals surface area contributed by atoms with Gasteiger partial charge in [0.25, 0.3) is 0 Å². The molecule has 0 saturated carbocycles. The van der Waals surface area contributed by atoms with E-state index in [9.17, 15) is 13.2 Å². The molecule has 4 rings (SSSR count). The predicted octanol–water partition coefficient (Wildman–Crippen LogP) is 3.95. The van der Waals surface area contributed by atoms with Gasteiger partial charge in [-0.1, -0.05) is 6.07 Å². The molecule has 0 bridgehead atoms. The minimum absolute atomic E-state index is 0.115. The molecule has 0 spiro atoms. The van der Waals surface area contributed by atoms with E-state index in [2.05, 4.69) is 20.3 Å². The number of rotatable bonds is 5. The van der Waals surface area contributed by atoms with Gasteiger partial charge in [0.15, 0.2) is 0 Å². The van der Waals surface area contributed by atoms with Crippen molar-refractivity contribution in [2.75, 3.05) is 38.7 Å². The normalized spacial score (nSPS) is 16.6. The maximum absolute atomic E-state index is 13.9. The Labute approximate surface area is 171 Å². The number of nitrogens with zero attached hydrogens (tertiary/aromatic N) is 3. The first-order valence-corrected chi connectivity index (χ1v) is 9.52. The van der Waals surface area contributed by atoms with E-state index < -0.39 is 12.2 Å². The number of alkyl halides is 3. The first-order valence-electron chi connectivity index (χ1n) is 9.52. The lowest BCUT2D eigenvalue weighted by Gasteiger charge is -2.36. The number of hydrogen-bond acceptors (Lipinski definition) is 6. The summed E-state index contributed by atoms with van der Waals surface area (Å²) in [6.07, 6.45) is -2.65. The van der Waals surface area contributed by atoms with Gasteiger partial charge in [0, 0.05) is 24.7 Å². The standard InChI is InChI=1S/C20H22F3N5O2/c1-12-14-5-6-24-18(14)27-19(25-12)26-15-4-3-13(11-16(15)29-2)17(20(21,22)23)28-7-9-30-10-8-28/h3-6,11,17H,7-10H2,1-2H3,(H2,24,25,26,27)/t17-/m0/s1. The monoisotopic (exact) mass is 421 g/mol. The molecule has 0 aliphatic carbocycles. The highest BCUT2D eigenvalue weighted by molar-refractivity contribution is 5.79. The number of H-pyrrole nitrogens is 1. The van der Waals surface area contributed by atoms with Gasteiger partial charge in [-0.25, -0.2) is 4.98 Å². The van der Waals surface area contributed by atoms with Crippen molar-refractivity contribution < 1.29 is 22.6 Å². The van der Waals surface area contributed by atoms with E-state index in [-0.39, 0.29) is 37.6 Å². The molecule has 2 aromatic heterocycles. The summed E-state index contributed by atoms with van der Waals surface area (Å²) >= 11 is 0. The van der Waals surface area contributed by atoms with Crippen LogP contribution in [0.4, 0.5) is 24.8 Å². The van der Waals surface area contributed by atoms with Crippen molar-refractivity contribution in [1.82, 2.24) is 19.9 Å². The van der Waals surface area contributed by atoms with Crippen molar-refractivity contribution in [2.45, 2.75) is 19.1 Å². The number of aromatic nitrogens is 3. The van der Waals surface area contributed by atoms with Crippen LogP contribution in [0.5, 0.6) is 5.75 Å². The number of aryl methyl sites for hydroxylation is 1. The number of nitrogens with one attached hydrogen (secondary N) is 2. The Morgan fingerprint density at radius 3 is 2.67 bits per heavy atom. The zero-order valence-electron chi connectivity index (χ0n) is 16.6. The van der Waals surface area contributed by atoms with Gasteiger partial charge in [0.1, 0.15) is 17.4 Å². The van der Waals surface area contributed by atoms with Crippen LogP contribution in [0.3, 0.4) is 0 Å². The lowest BCUT2D eigenvalue weighted by Crippen LogP contribution is -2.44. The molecule has 1 saturated heterocycles. The average Bonchev–Trinajstić information content (AvgIpc) is 3.18. The van der Waals surface area contributed by atoms with E-state index in [1.54, 1.807) is 12.3 Å². The summed E-state index contributed by atoms with van der Waals surface area (Å²) in [7, 11) is 1.42. The molecule has 1 aliphatic heterocycles. The van der Waals surface area contributed by atoms with Crippen molar-refractivity contribution in [1.29, 1.82) is 0 Å². The lowest BCUT2D eigenvalue weighted by atomic mass is 10.0. The minimum Gasteiger partial charge on any atom is -0.495 e. The summed E-state index contributed by atoms with van der Waals surface area (Å²) in [6, 6.07) is 4.59. The number of halogens is 3. The van der Waals surface area contributed by atoms with Gasteiger partial charge < -0.3 is 19.8 Å². The van der Waals surface area contributed by atoms with Crippen molar-refractivity contribution in [3.63, 3.8) is 0 Å². The van der Waals surface area contributed by atoms with E-state index in [4.69, 9.17) is 9.47 Å². The molecule has 10 heteroatoms. The summed E-state index contributed by atoms with van der Waals surface area (Å²) in [5.74, 6) is 0.608. The SMILES string of the molecule is COc1cc([C@H](N2CCOCC2)C(F)(F)F)ccc1Nc1nc(C)c2cc[nH]c2n1. The molecule has 0 radical (unpaired) electrons. The summed E-state index contributed by atoms with van der Waals surface area (Å²) in [6.45, 7) is 2.85. The van der Waals surface area contributed by atoms with Crippen LogP contribution in [0.1, 0.15) is 17.3 Å². The van der Waals surface area contributed by atoms with Crippen molar-refractivity contribution in [3.05, 3.63) is 41.7 Å². The van der Waals surface area contributed by atoms with Gasteiger partial charge in [-0.05, 0) is 30.7 Å². The molecule has 7 nitrogen and oxygen atoms in total. The molecule has 160 valence electrons. The van der Waals surface area contributed by atoms with Crippen LogP contribution >= 0.6 is 0 Å². The Morgan fingerprint density at radius 1 is 1.20 bits per heavy atom. The van der Waals surface area contributed by atoms with E-state index in [1.807, 2.05) is 13.0 Å².